The molecule has 0 saturated carbocycles. The monoisotopic (exact) mass is 347 g/mol. The zero-order valence-electron chi connectivity index (χ0n) is 15.4. The van der Waals surface area contributed by atoms with Gasteiger partial charge in [0, 0.05) is 54.7 Å². The lowest BCUT2D eigenvalue weighted by Crippen LogP contribution is -2.34. The van der Waals surface area contributed by atoms with Gasteiger partial charge in [-0.25, -0.2) is 4.58 Å². The quantitative estimate of drug-likeness (QED) is 0.477. The molecule has 26 heavy (non-hydrogen) atoms. The van der Waals surface area contributed by atoms with E-state index >= 15 is 0 Å². The first kappa shape index (κ1) is 15.9. The lowest BCUT2D eigenvalue weighted by atomic mass is 10.1. The summed E-state index contributed by atoms with van der Waals surface area (Å²) >= 11 is 0. The number of piperidine rings is 2. The zero-order chi connectivity index (χ0) is 17.3. The highest BCUT2D eigenvalue weighted by Crippen LogP contribution is 2.30. The number of hydrogen-bond donors (Lipinski definition) is 0. The molecule has 1 aliphatic carbocycles. The van der Waals surface area contributed by atoms with E-state index in [1.807, 2.05) is 0 Å². The first-order valence-corrected chi connectivity index (χ1v) is 10.2. The Morgan fingerprint density at radius 3 is 2.42 bits per heavy atom. The van der Waals surface area contributed by atoms with Crippen LogP contribution in [0.3, 0.4) is 0 Å². The van der Waals surface area contributed by atoms with Crippen molar-refractivity contribution in [3.8, 4) is 11.3 Å². The lowest BCUT2D eigenvalue weighted by Gasteiger charge is -2.28. The molecular formula is C23H27N2O+. The summed E-state index contributed by atoms with van der Waals surface area (Å²) in [6.07, 6.45) is 7.91. The minimum absolute atomic E-state index is 0.997. The van der Waals surface area contributed by atoms with Crippen LogP contribution in [0.2, 0.25) is 0 Å². The molecule has 2 fully saturated rings. The fourth-order valence-electron chi connectivity index (χ4n) is 4.44. The minimum atomic E-state index is 0.997. The van der Waals surface area contributed by atoms with Gasteiger partial charge in [-0.15, -0.1) is 0 Å². The van der Waals surface area contributed by atoms with Gasteiger partial charge < -0.3 is 9.32 Å². The third-order valence-electron chi connectivity index (χ3n) is 5.97. The molecule has 1 aromatic rings. The number of nitrogens with zero attached hydrogens (tertiary/aromatic N) is 2. The number of rotatable bonds is 1. The van der Waals surface area contributed by atoms with Crippen LogP contribution in [-0.4, -0.2) is 26.2 Å². The van der Waals surface area contributed by atoms with Gasteiger partial charge in [0.05, 0.1) is 6.07 Å². The van der Waals surface area contributed by atoms with Crippen LogP contribution in [0.4, 0.5) is 5.69 Å². The topological polar surface area (TPSA) is 19.4 Å². The summed E-state index contributed by atoms with van der Waals surface area (Å²) in [4.78, 5) is 2.49. The van der Waals surface area contributed by atoms with Crippen molar-refractivity contribution in [2.24, 2.45) is 0 Å². The van der Waals surface area contributed by atoms with Gasteiger partial charge in [0.1, 0.15) is 24.4 Å². The number of benzene rings is 2. The van der Waals surface area contributed by atoms with E-state index in [1.165, 1.54) is 60.5 Å². The molecule has 134 valence electrons. The molecule has 5 rings (SSSR count). The maximum absolute atomic E-state index is 6.36. The van der Waals surface area contributed by atoms with Gasteiger partial charge in [-0.1, -0.05) is 0 Å². The molecular weight excluding hydrogens is 320 g/mol. The van der Waals surface area contributed by atoms with E-state index in [4.69, 9.17) is 4.42 Å². The average Bonchev–Trinajstić information content (AvgIpc) is 2.73. The van der Waals surface area contributed by atoms with Crippen molar-refractivity contribution in [3.05, 3.63) is 47.8 Å². The normalized spacial score (nSPS) is 18.6. The van der Waals surface area contributed by atoms with E-state index in [0.29, 0.717) is 0 Å². The number of hydrogen-bond acceptors (Lipinski definition) is 2. The van der Waals surface area contributed by atoms with Gasteiger partial charge in [-0.2, -0.15) is 0 Å². The number of anilines is 1. The molecule has 1 aromatic carbocycles. The summed E-state index contributed by atoms with van der Waals surface area (Å²) < 4.78 is 8.85. The number of fused-ring (bicyclic) bond motifs is 2. The van der Waals surface area contributed by atoms with Crippen molar-refractivity contribution in [1.29, 1.82) is 0 Å². The van der Waals surface area contributed by atoms with Gasteiger partial charge in [-0.3, -0.25) is 0 Å². The first-order valence-electron chi connectivity index (χ1n) is 10.2. The van der Waals surface area contributed by atoms with Crippen molar-refractivity contribution in [3.63, 3.8) is 0 Å². The lowest BCUT2D eigenvalue weighted by molar-refractivity contribution is 0.451. The van der Waals surface area contributed by atoms with Gasteiger partial charge in [0.25, 0.3) is 0 Å². The van der Waals surface area contributed by atoms with Crippen LogP contribution in [0.25, 0.3) is 22.3 Å². The summed E-state index contributed by atoms with van der Waals surface area (Å²) in [6.45, 7) is 4.66. The molecule has 0 bridgehead atoms. The molecule has 3 nitrogen and oxygen atoms in total. The molecule has 3 heterocycles. The molecule has 0 radical (unpaired) electrons. The van der Waals surface area contributed by atoms with E-state index in [1.54, 1.807) is 0 Å². The SMILES string of the molecule is c1cc(=[N+]2CCCCC2)cc2oc3cc(N4CCCCC4)ccc3cc1-2. The molecule has 0 N–H and O–H groups in total. The van der Waals surface area contributed by atoms with Crippen molar-refractivity contribution >= 4 is 16.7 Å². The average molecular weight is 347 g/mol. The molecule has 2 saturated heterocycles. The van der Waals surface area contributed by atoms with Crippen LogP contribution in [0.5, 0.6) is 0 Å². The molecule has 3 aliphatic heterocycles. The van der Waals surface area contributed by atoms with Crippen molar-refractivity contribution in [2.75, 3.05) is 31.1 Å². The summed E-state index contributed by atoms with van der Waals surface area (Å²) in [5, 5.41) is 2.48. The first-order chi connectivity index (χ1) is 12.9. The second-order valence-electron chi connectivity index (χ2n) is 7.79. The molecule has 3 heteroatoms. The van der Waals surface area contributed by atoms with Crippen molar-refractivity contribution < 1.29 is 4.42 Å². The molecule has 4 aliphatic rings. The molecule has 0 amide bonds. The highest BCUT2D eigenvalue weighted by atomic mass is 16.3. The van der Waals surface area contributed by atoms with Gasteiger partial charge in [-0.05, 0) is 49.9 Å². The predicted octanol–water partition coefficient (Wildman–Crippen LogP) is 4.48. The van der Waals surface area contributed by atoms with Crippen LogP contribution in [0.1, 0.15) is 38.5 Å². The largest absolute Gasteiger partial charge is 0.456 e. The summed E-state index contributed by atoms with van der Waals surface area (Å²) in [7, 11) is 0. The third-order valence-corrected chi connectivity index (χ3v) is 5.97. The summed E-state index contributed by atoms with van der Waals surface area (Å²) in [5.74, 6) is 0.997. The van der Waals surface area contributed by atoms with Crippen LogP contribution in [0, 0.1) is 0 Å². The Morgan fingerprint density at radius 2 is 1.58 bits per heavy atom. The van der Waals surface area contributed by atoms with Crippen LogP contribution < -0.4 is 14.8 Å². The van der Waals surface area contributed by atoms with Crippen LogP contribution in [-0.2, 0) is 0 Å². The highest BCUT2D eigenvalue weighted by Gasteiger charge is 2.16. The molecule has 0 spiro atoms. The maximum Gasteiger partial charge on any atom is 0.203 e. The second kappa shape index (κ2) is 6.79. The van der Waals surface area contributed by atoms with E-state index in [-0.39, 0.29) is 0 Å². The molecule has 0 aromatic heterocycles. The Kier molecular flexibility index (Phi) is 4.16. The van der Waals surface area contributed by atoms with Crippen molar-refractivity contribution in [1.82, 2.24) is 4.58 Å². The van der Waals surface area contributed by atoms with Crippen LogP contribution in [0.15, 0.2) is 46.9 Å². The Morgan fingerprint density at radius 1 is 0.769 bits per heavy atom. The van der Waals surface area contributed by atoms with Gasteiger partial charge in [0.2, 0.25) is 5.36 Å². The minimum Gasteiger partial charge on any atom is -0.456 e. The van der Waals surface area contributed by atoms with Gasteiger partial charge >= 0.3 is 0 Å². The van der Waals surface area contributed by atoms with Crippen molar-refractivity contribution in [2.45, 2.75) is 38.5 Å². The van der Waals surface area contributed by atoms with E-state index < -0.39 is 0 Å². The fraction of sp³-hybridized carbons (Fsp3) is 0.435. The maximum atomic E-state index is 6.36. The standard InChI is InChI=1S/C23H27N2O/c1-3-11-24(12-4-1)20-9-7-18-15-19-8-10-21(25-13-5-2-6-14-25)17-23(19)26-22(18)16-20/h7-10,15-17H,1-6,11-14H2/q+1. The molecule has 0 unspecified atom stereocenters. The van der Waals surface area contributed by atoms with E-state index in [9.17, 15) is 0 Å². The Bertz CT molecular complexity index is 957. The summed E-state index contributed by atoms with van der Waals surface area (Å²) in [5.41, 5.74) is 3.48. The second-order valence-corrected chi connectivity index (χ2v) is 7.79. The Labute approximate surface area is 154 Å². The fourth-order valence-corrected chi connectivity index (χ4v) is 4.44. The smallest absolute Gasteiger partial charge is 0.203 e. The van der Waals surface area contributed by atoms with Gasteiger partial charge in [0.15, 0.2) is 0 Å². The van der Waals surface area contributed by atoms with Crippen LogP contribution >= 0.6 is 0 Å². The van der Waals surface area contributed by atoms with E-state index in [2.05, 4.69) is 51.9 Å². The van der Waals surface area contributed by atoms with E-state index in [0.717, 1.165) is 37.5 Å². The Hall–Kier alpha value is -2.29. The Balaban J connectivity index is 1.59. The molecule has 0 atom stereocenters. The third kappa shape index (κ3) is 3.00. The summed E-state index contributed by atoms with van der Waals surface area (Å²) in [6, 6.07) is 15.6. The highest BCUT2D eigenvalue weighted by molar-refractivity contribution is 5.85. The zero-order valence-corrected chi connectivity index (χ0v) is 15.4. The predicted molar refractivity (Wildman–Crippen MR) is 108 cm³/mol.